The maximum absolute atomic E-state index is 11.7. The van der Waals surface area contributed by atoms with Crippen LogP contribution in [0.1, 0.15) is 16.7 Å². The summed E-state index contributed by atoms with van der Waals surface area (Å²) in [5.74, 6) is 2.13. The van der Waals surface area contributed by atoms with E-state index < -0.39 is 5.72 Å². The van der Waals surface area contributed by atoms with Gasteiger partial charge in [-0.15, -0.1) is 0 Å². The van der Waals surface area contributed by atoms with Crippen molar-refractivity contribution in [3.8, 4) is 11.5 Å². The molecule has 0 radical (unpaired) electrons. The number of ether oxygens (including phenoxy) is 2. The molecule has 1 atom stereocenters. The lowest BCUT2D eigenvalue weighted by Crippen LogP contribution is -2.43. The number of hydrogen-bond acceptors (Lipinski definition) is 5. The second kappa shape index (κ2) is 4.99. The smallest absolute Gasteiger partial charge is 0.196 e. The summed E-state index contributed by atoms with van der Waals surface area (Å²) in [6.45, 7) is 1.36. The van der Waals surface area contributed by atoms with E-state index in [9.17, 15) is 5.11 Å². The molecule has 0 bridgehead atoms. The quantitative estimate of drug-likeness (QED) is 0.942. The molecule has 0 saturated heterocycles. The zero-order valence-electron chi connectivity index (χ0n) is 13.1. The molecule has 2 heterocycles. The van der Waals surface area contributed by atoms with Crippen LogP contribution in [-0.4, -0.2) is 43.2 Å². The van der Waals surface area contributed by atoms with Crippen molar-refractivity contribution in [2.75, 3.05) is 27.3 Å². The second-order valence-corrected chi connectivity index (χ2v) is 5.64. The highest BCUT2D eigenvalue weighted by molar-refractivity contribution is 6.05. The number of hydrogen-bond donors (Lipinski definition) is 1. The van der Waals surface area contributed by atoms with Crippen molar-refractivity contribution in [1.82, 2.24) is 4.90 Å². The van der Waals surface area contributed by atoms with Crippen LogP contribution in [0.25, 0.3) is 0 Å². The highest BCUT2D eigenvalue weighted by atomic mass is 16.5. The lowest BCUT2D eigenvalue weighted by molar-refractivity contribution is -0.0260. The lowest BCUT2D eigenvalue weighted by Gasteiger charge is -2.34. The van der Waals surface area contributed by atoms with Gasteiger partial charge in [0, 0.05) is 23.7 Å². The maximum Gasteiger partial charge on any atom is 0.196 e. The number of rotatable bonds is 3. The summed E-state index contributed by atoms with van der Waals surface area (Å²) in [5, 5.41) is 11.7. The Morgan fingerprint density at radius 3 is 2.70 bits per heavy atom. The van der Waals surface area contributed by atoms with Gasteiger partial charge in [0.25, 0.3) is 0 Å². The normalized spacial score (nSPS) is 21.7. The first kappa shape index (κ1) is 14.1. The number of amidine groups is 1. The molecule has 2 aliphatic heterocycles. The first-order chi connectivity index (χ1) is 11.2. The number of aliphatic hydroxyl groups is 1. The molecule has 23 heavy (non-hydrogen) atoms. The monoisotopic (exact) mass is 310 g/mol. The van der Waals surface area contributed by atoms with E-state index in [-0.39, 0.29) is 0 Å². The second-order valence-electron chi connectivity index (χ2n) is 5.64. The highest BCUT2D eigenvalue weighted by Gasteiger charge is 2.51. The first-order valence-corrected chi connectivity index (χ1v) is 7.57. The Morgan fingerprint density at radius 2 is 1.91 bits per heavy atom. The average molecular weight is 310 g/mol. The summed E-state index contributed by atoms with van der Waals surface area (Å²) < 4.78 is 10.8. The third kappa shape index (κ3) is 1.80. The third-order valence-corrected chi connectivity index (χ3v) is 4.56. The van der Waals surface area contributed by atoms with Crippen molar-refractivity contribution in [3.05, 3.63) is 59.2 Å². The summed E-state index contributed by atoms with van der Waals surface area (Å²) in [6.07, 6.45) is 0. The molecule has 0 aliphatic carbocycles. The summed E-state index contributed by atoms with van der Waals surface area (Å²) in [6, 6.07) is 13.3. The predicted molar refractivity (Wildman–Crippen MR) is 87.1 cm³/mol. The van der Waals surface area contributed by atoms with Crippen LogP contribution < -0.4 is 9.47 Å². The molecule has 0 spiro atoms. The van der Waals surface area contributed by atoms with E-state index >= 15 is 0 Å². The van der Waals surface area contributed by atoms with E-state index in [0.29, 0.717) is 30.2 Å². The third-order valence-electron chi connectivity index (χ3n) is 4.56. The minimum atomic E-state index is -1.27. The summed E-state index contributed by atoms with van der Waals surface area (Å²) in [7, 11) is 3.21. The fraction of sp³-hybridized carbons (Fsp3) is 0.278. The molecule has 0 fully saturated rings. The van der Waals surface area contributed by atoms with Crippen LogP contribution in [0.15, 0.2) is 47.5 Å². The fourth-order valence-corrected chi connectivity index (χ4v) is 3.50. The average Bonchev–Trinajstić information content (AvgIpc) is 3.18. The van der Waals surface area contributed by atoms with Crippen molar-refractivity contribution in [1.29, 1.82) is 0 Å². The van der Waals surface area contributed by atoms with Gasteiger partial charge in [-0.05, 0) is 12.1 Å². The van der Waals surface area contributed by atoms with E-state index in [4.69, 9.17) is 9.47 Å². The van der Waals surface area contributed by atoms with E-state index in [1.807, 2.05) is 41.3 Å². The minimum Gasteiger partial charge on any atom is -0.497 e. The molecule has 1 unspecified atom stereocenters. The number of nitrogens with zero attached hydrogens (tertiary/aromatic N) is 2. The van der Waals surface area contributed by atoms with E-state index in [0.717, 1.165) is 17.0 Å². The van der Waals surface area contributed by atoms with Crippen LogP contribution >= 0.6 is 0 Å². The van der Waals surface area contributed by atoms with Gasteiger partial charge >= 0.3 is 0 Å². The number of fused-ring (bicyclic) bond motifs is 3. The van der Waals surface area contributed by atoms with E-state index in [2.05, 4.69) is 4.99 Å². The van der Waals surface area contributed by atoms with Gasteiger partial charge in [0.15, 0.2) is 5.72 Å². The summed E-state index contributed by atoms with van der Waals surface area (Å²) in [5.41, 5.74) is 1.23. The Kier molecular flexibility index (Phi) is 3.06. The summed E-state index contributed by atoms with van der Waals surface area (Å²) in [4.78, 5) is 6.51. The van der Waals surface area contributed by atoms with Crippen LogP contribution in [0, 0.1) is 0 Å². The zero-order chi connectivity index (χ0) is 16.0. The van der Waals surface area contributed by atoms with Gasteiger partial charge in [0.1, 0.15) is 17.3 Å². The number of aliphatic imine (C=N–C) groups is 1. The van der Waals surface area contributed by atoms with Crippen LogP contribution in [0.4, 0.5) is 0 Å². The highest BCUT2D eigenvalue weighted by Crippen LogP contribution is 2.47. The van der Waals surface area contributed by atoms with Gasteiger partial charge in [0.05, 0.1) is 26.3 Å². The van der Waals surface area contributed by atoms with Crippen LogP contribution in [0.5, 0.6) is 11.5 Å². The summed E-state index contributed by atoms with van der Waals surface area (Å²) >= 11 is 0. The topological polar surface area (TPSA) is 54.3 Å². The molecule has 0 saturated carbocycles. The van der Waals surface area contributed by atoms with Crippen LogP contribution in [0.2, 0.25) is 0 Å². The van der Waals surface area contributed by atoms with Crippen molar-refractivity contribution in [2.45, 2.75) is 5.72 Å². The molecule has 0 amide bonds. The largest absolute Gasteiger partial charge is 0.497 e. The van der Waals surface area contributed by atoms with Gasteiger partial charge in [0.2, 0.25) is 0 Å². The maximum atomic E-state index is 11.7. The number of methoxy groups -OCH3 is 2. The Hall–Kier alpha value is -2.53. The van der Waals surface area contributed by atoms with Gasteiger partial charge < -0.3 is 19.5 Å². The molecule has 5 nitrogen and oxygen atoms in total. The van der Waals surface area contributed by atoms with Gasteiger partial charge in [-0.1, -0.05) is 24.3 Å². The molecule has 5 heteroatoms. The first-order valence-electron chi connectivity index (χ1n) is 7.57. The van der Waals surface area contributed by atoms with Gasteiger partial charge in [-0.2, -0.15) is 0 Å². The van der Waals surface area contributed by atoms with Crippen molar-refractivity contribution >= 4 is 5.84 Å². The van der Waals surface area contributed by atoms with Gasteiger partial charge in [-0.3, -0.25) is 4.99 Å². The molecule has 1 N–H and O–H groups in total. The molecule has 2 aromatic carbocycles. The van der Waals surface area contributed by atoms with Crippen LogP contribution in [0.3, 0.4) is 0 Å². The standard InChI is InChI=1S/C18H18N2O3/c1-22-12-7-8-15(16(11-12)23-2)18(21)14-6-4-3-5-13(14)17-19-9-10-20(17)18/h3-8,11,21H,9-10H2,1-2H3. The molecule has 2 aliphatic rings. The molecule has 118 valence electrons. The zero-order valence-corrected chi connectivity index (χ0v) is 13.1. The van der Waals surface area contributed by atoms with Gasteiger partial charge in [-0.25, -0.2) is 0 Å². The van der Waals surface area contributed by atoms with E-state index in [1.165, 1.54) is 0 Å². The Bertz CT molecular complexity index is 803. The molecular weight excluding hydrogens is 292 g/mol. The Balaban J connectivity index is 1.96. The lowest BCUT2D eigenvalue weighted by atomic mass is 9.92. The SMILES string of the molecule is COc1ccc(C2(O)c3ccccc3C3=NCCN32)c(OC)c1. The van der Waals surface area contributed by atoms with Crippen LogP contribution in [-0.2, 0) is 5.72 Å². The Labute approximate surface area is 134 Å². The minimum absolute atomic E-state index is 0.592. The molecule has 4 rings (SSSR count). The molecule has 0 aromatic heterocycles. The van der Waals surface area contributed by atoms with Crippen molar-refractivity contribution in [2.24, 2.45) is 4.99 Å². The number of benzene rings is 2. The fourth-order valence-electron chi connectivity index (χ4n) is 3.50. The predicted octanol–water partition coefficient (Wildman–Crippen LogP) is 1.97. The molecule has 2 aromatic rings. The van der Waals surface area contributed by atoms with Crippen molar-refractivity contribution < 1.29 is 14.6 Å². The van der Waals surface area contributed by atoms with E-state index in [1.54, 1.807) is 20.3 Å². The molecular formula is C18H18N2O3. The Morgan fingerprint density at radius 1 is 1.09 bits per heavy atom. The van der Waals surface area contributed by atoms with Crippen molar-refractivity contribution in [3.63, 3.8) is 0 Å².